The zero-order chi connectivity index (χ0) is 12.1. The third kappa shape index (κ3) is 4.23. The lowest BCUT2D eigenvalue weighted by molar-refractivity contribution is -0.132. The molecule has 0 radical (unpaired) electrons. The highest BCUT2D eigenvalue weighted by Gasteiger charge is 2.17. The zero-order valence-corrected chi connectivity index (χ0v) is 10.9. The van der Waals surface area contributed by atoms with E-state index in [1.165, 1.54) is 5.56 Å². The summed E-state index contributed by atoms with van der Waals surface area (Å²) in [5.74, 6) is 1.20. The Balaban J connectivity index is 2.64. The smallest absolute Gasteiger partial charge is 0.202 e. The van der Waals surface area contributed by atoms with Crippen molar-refractivity contribution in [2.75, 3.05) is 0 Å². The van der Waals surface area contributed by atoms with Crippen molar-refractivity contribution in [1.29, 1.82) is 0 Å². The van der Waals surface area contributed by atoms with Gasteiger partial charge in [-0.1, -0.05) is 31.5 Å². The second-order valence-electron chi connectivity index (χ2n) is 4.73. The Morgan fingerprint density at radius 2 is 1.50 bits per heavy atom. The predicted molar refractivity (Wildman–Crippen MR) is 66.7 cm³/mol. The van der Waals surface area contributed by atoms with Crippen LogP contribution in [0.3, 0.4) is 0 Å². The van der Waals surface area contributed by atoms with Crippen molar-refractivity contribution in [2.45, 2.75) is 47.0 Å². The van der Waals surface area contributed by atoms with E-state index in [1.807, 2.05) is 38.1 Å². The van der Waals surface area contributed by atoms with E-state index in [9.17, 15) is 0 Å². The maximum atomic E-state index is 5.82. The van der Waals surface area contributed by atoms with Gasteiger partial charge in [0.2, 0.25) is 6.29 Å². The van der Waals surface area contributed by atoms with Crippen LogP contribution in [0.5, 0.6) is 5.75 Å². The van der Waals surface area contributed by atoms with E-state index >= 15 is 0 Å². The van der Waals surface area contributed by atoms with Crippen molar-refractivity contribution in [3.8, 4) is 5.75 Å². The minimum Gasteiger partial charge on any atom is -0.465 e. The average Bonchev–Trinajstić information content (AvgIpc) is 2.19. The second-order valence-corrected chi connectivity index (χ2v) is 4.73. The topological polar surface area (TPSA) is 18.5 Å². The van der Waals surface area contributed by atoms with Crippen molar-refractivity contribution in [3.63, 3.8) is 0 Å². The average molecular weight is 222 g/mol. The quantitative estimate of drug-likeness (QED) is 0.706. The standard InChI is InChI=1S/C14H22O2/c1-10(2)14(15-11(3)4)16-13-8-6-12(5)7-9-13/h6-11,14H,1-5H3. The minimum absolute atomic E-state index is 0.178. The van der Waals surface area contributed by atoms with E-state index in [1.54, 1.807) is 0 Å². The molecule has 2 nitrogen and oxygen atoms in total. The molecule has 0 amide bonds. The second kappa shape index (κ2) is 5.90. The molecule has 0 saturated carbocycles. The van der Waals surface area contributed by atoms with Crippen LogP contribution in [0.15, 0.2) is 24.3 Å². The van der Waals surface area contributed by atoms with Gasteiger partial charge in [0.25, 0.3) is 0 Å². The van der Waals surface area contributed by atoms with Crippen LogP contribution in [-0.2, 0) is 4.74 Å². The van der Waals surface area contributed by atoms with Gasteiger partial charge in [-0.15, -0.1) is 0 Å². The summed E-state index contributed by atoms with van der Waals surface area (Å²) in [6.07, 6.45) is 0.000513. The summed E-state index contributed by atoms with van der Waals surface area (Å²) in [6, 6.07) is 8.05. The van der Waals surface area contributed by atoms with Crippen LogP contribution in [0.4, 0.5) is 0 Å². The summed E-state index contributed by atoms with van der Waals surface area (Å²) in [5, 5.41) is 0. The molecule has 0 aliphatic heterocycles. The van der Waals surface area contributed by atoms with Crippen LogP contribution in [0.25, 0.3) is 0 Å². The fourth-order valence-electron chi connectivity index (χ4n) is 1.34. The van der Waals surface area contributed by atoms with Gasteiger partial charge in [-0.25, -0.2) is 0 Å². The van der Waals surface area contributed by atoms with Crippen LogP contribution >= 0.6 is 0 Å². The molecular weight excluding hydrogens is 200 g/mol. The monoisotopic (exact) mass is 222 g/mol. The molecular formula is C14H22O2. The first kappa shape index (κ1) is 13.0. The number of ether oxygens (including phenoxy) is 2. The molecule has 0 fully saturated rings. The van der Waals surface area contributed by atoms with E-state index < -0.39 is 0 Å². The number of benzene rings is 1. The molecule has 1 unspecified atom stereocenters. The Morgan fingerprint density at radius 3 is 1.94 bits per heavy atom. The summed E-state index contributed by atoms with van der Waals surface area (Å²) in [7, 11) is 0. The van der Waals surface area contributed by atoms with E-state index in [0.29, 0.717) is 5.92 Å². The highest BCUT2D eigenvalue weighted by molar-refractivity contribution is 5.26. The number of hydrogen-bond acceptors (Lipinski definition) is 2. The first-order valence-electron chi connectivity index (χ1n) is 5.88. The summed E-state index contributed by atoms with van der Waals surface area (Å²) in [5.41, 5.74) is 1.23. The number of aryl methyl sites for hydroxylation is 1. The summed E-state index contributed by atoms with van der Waals surface area (Å²) in [6.45, 7) is 10.3. The molecule has 0 aliphatic carbocycles. The number of rotatable bonds is 5. The molecule has 0 bridgehead atoms. The van der Waals surface area contributed by atoms with E-state index in [-0.39, 0.29) is 12.4 Å². The Kier molecular flexibility index (Phi) is 4.81. The Morgan fingerprint density at radius 1 is 0.938 bits per heavy atom. The van der Waals surface area contributed by atoms with Gasteiger partial charge in [-0.3, -0.25) is 0 Å². The van der Waals surface area contributed by atoms with Crippen molar-refractivity contribution in [3.05, 3.63) is 29.8 Å². The van der Waals surface area contributed by atoms with E-state index in [4.69, 9.17) is 9.47 Å². The fraction of sp³-hybridized carbons (Fsp3) is 0.571. The van der Waals surface area contributed by atoms with Crippen LogP contribution in [0, 0.1) is 12.8 Å². The highest BCUT2D eigenvalue weighted by atomic mass is 16.7. The molecule has 16 heavy (non-hydrogen) atoms. The Labute approximate surface area is 98.6 Å². The van der Waals surface area contributed by atoms with Crippen molar-refractivity contribution in [2.24, 2.45) is 5.92 Å². The van der Waals surface area contributed by atoms with Gasteiger partial charge >= 0.3 is 0 Å². The maximum Gasteiger partial charge on any atom is 0.202 e. The first-order valence-corrected chi connectivity index (χ1v) is 5.88. The highest BCUT2D eigenvalue weighted by Crippen LogP contribution is 2.18. The summed E-state index contributed by atoms with van der Waals surface area (Å²) in [4.78, 5) is 0. The molecule has 0 heterocycles. The molecule has 0 saturated heterocycles. The van der Waals surface area contributed by atoms with E-state index in [2.05, 4.69) is 20.8 Å². The molecule has 1 atom stereocenters. The molecule has 0 N–H and O–H groups in total. The number of hydrogen-bond donors (Lipinski definition) is 0. The van der Waals surface area contributed by atoms with Crippen molar-refractivity contribution in [1.82, 2.24) is 0 Å². The summed E-state index contributed by atoms with van der Waals surface area (Å²) < 4.78 is 11.5. The van der Waals surface area contributed by atoms with Gasteiger partial charge in [-0.2, -0.15) is 0 Å². The normalized spacial score (nSPS) is 13.2. The van der Waals surface area contributed by atoms with Gasteiger partial charge in [0.05, 0.1) is 6.10 Å². The lowest BCUT2D eigenvalue weighted by Gasteiger charge is -2.24. The third-order valence-electron chi connectivity index (χ3n) is 2.22. The molecule has 90 valence electrons. The first-order chi connectivity index (χ1) is 7.49. The lowest BCUT2D eigenvalue weighted by atomic mass is 10.2. The predicted octanol–water partition coefficient (Wildman–Crippen LogP) is 3.78. The molecule has 2 heteroatoms. The van der Waals surface area contributed by atoms with Gasteiger partial charge in [-0.05, 0) is 32.9 Å². The van der Waals surface area contributed by atoms with E-state index in [0.717, 1.165) is 5.75 Å². The van der Waals surface area contributed by atoms with Crippen LogP contribution in [0.2, 0.25) is 0 Å². The van der Waals surface area contributed by atoms with Gasteiger partial charge in [0.15, 0.2) is 0 Å². The molecule has 1 aromatic rings. The largest absolute Gasteiger partial charge is 0.465 e. The Hall–Kier alpha value is -1.02. The molecule has 0 aliphatic rings. The third-order valence-corrected chi connectivity index (χ3v) is 2.22. The van der Waals surface area contributed by atoms with Gasteiger partial charge in [0.1, 0.15) is 5.75 Å². The van der Waals surface area contributed by atoms with Crippen LogP contribution in [-0.4, -0.2) is 12.4 Å². The Bertz CT molecular complexity index is 301. The van der Waals surface area contributed by atoms with Crippen molar-refractivity contribution >= 4 is 0 Å². The fourth-order valence-corrected chi connectivity index (χ4v) is 1.34. The lowest BCUT2D eigenvalue weighted by Crippen LogP contribution is -2.29. The van der Waals surface area contributed by atoms with Gasteiger partial charge < -0.3 is 9.47 Å². The SMILES string of the molecule is Cc1ccc(OC(OC(C)C)C(C)C)cc1. The van der Waals surface area contributed by atoms with Crippen LogP contribution in [0.1, 0.15) is 33.3 Å². The zero-order valence-electron chi connectivity index (χ0n) is 10.9. The van der Waals surface area contributed by atoms with Crippen molar-refractivity contribution < 1.29 is 9.47 Å². The summed E-state index contributed by atoms with van der Waals surface area (Å²) >= 11 is 0. The minimum atomic E-state index is -0.178. The van der Waals surface area contributed by atoms with Gasteiger partial charge in [0, 0.05) is 5.92 Å². The van der Waals surface area contributed by atoms with Crippen LogP contribution < -0.4 is 4.74 Å². The molecule has 1 rings (SSSR count). The maximum absolute atomic E-state index is 5.82. The molecule has 1 aromatic carbocycles. The molecule has 0 aromatic heterocycles. The molecule has 0 spiro atoms.